The number of phenolic OH excluding ortho intramolecular Hbond substituents is 1. The predicted molar refractivity (Wildman–Crippen MR) is 133 cm³/mol. The van der Waals surface area contributed by atoms with Crippen molar-refractivity contribution in [1.29, 1.82) is 5.26 Å². The number of hydrogen-bond acceptors (Lipinski definition) is 5. The van der Waals surface area contributed by atoms with Gasteiger partial charge in [0.2, 0.25) is 5.95 Å². The molecule has 0 spiro atoms. The molecule has 0 saturated carbocycles. The molecule has 0 unspecified atom stereocenters. The maximum Gasteiger partial charge on any atom is 0.208 e. The molecule has 0 aliphatic rings. The highest BCUT2D eigenvalue weighted by atomic mass is 16.3. The fourth-order valence-electron chi connectivity index (χ4n) is 4.08. The molecule has 0 atom stereocenters. The van der Waals surface area contributed by atoms with Gasteiger partial charge in [0.1, 0.15) is 5.75 Å². The van der Waals surface area contributed by atoms with Gasteiger partial charge in [-0.2, -0.15) is 5.26 Å². The number of hydrogen-bond donors (Lipinski definition) is 2. The molecule has 4 rings (SSSR count). The van der Waals surface area contributed by atoms with Crippen molar-refractivity contribution in [2.75, 3.05) is 18.4 Å². The topological polar surface area (TPSA) is 77.1 Å². The van der Waals surface area contributed by atoms with E-state index in [1.165, 1.54) is 0 Å². The van der Waals surface area contributed by atoms with Crippen molar-refractivity contribution in [2.24, 2.45) is 0 Å². The molecule has 0 aliphatic carbocycles. The summed E-state index contributed by atoms with van der Waals surface area (Å²) in [6.07, 6.45) is 0. The van der Waals surface area contributed by atoms with Crippen LogP contribution in [0.4, 0.5) is 11.6 Å². The molecule has 33 heavy (non-hydrogen) atoms. The molecular formula is C27H29N5O. The van der Waals surface area contributed by atoms with Crippen LogP contribution in [0.1, 0.15) is 36.1 Å². The first-order valence-corrected chi connectivity index (χ1v) is 11.3. The zero-order valence-corrected chi connectivity index (χ0v) is 19.3. The molecule has 6 heteroatoms. The van der Waals surface area contributed by atoms with Crippen LogP contribution in [0.2, 0.25) is 0 Å². The Kier molecular flexibility index (Phi) is 6.62. The number of nitrogens with one attached hydrogen (secondary N) is 1. The molecule has 0 saturated heterocycles. The molecule has 0 radical (unpaired) electrons. The summed E-state index contributed by atoms with van der Waals surface area (Å²) >= 11 is 0. The van der Waals surface area contributed by atoms with Gasteiger partial charge in [-0.15, -0.1) is 0 Å². The maximum absolute atomic E-state index is 11.1. The largest absolute Gasteiger partial charge is 0.505 e. The molecule has 1 heterocycles. The lowest BCUT2D eigenvalue weighted by Crippen LogP contribution is -2.22. The summed E-state index contributed by atoms with van der Waals surface area (Å²) in [4.78, 5) is 7.09. The summed E-state index contributed by atoms with van der Waals surface area (Å²) in [6.45, 7) is 9.42. The highest BCUT2D eigenvalue weighted by Gasteiger charge is 2.16. The first-order valence-electron chi connectivity index (χ1n) is 11.3. The third-order valence-corrected chi connectivity index (χ3v) is 5.95. The number of aryl methyl sites for hydroxylation is 1. The monoisotopic (exact) mass is 439 g/mol. The number of benzene rings is 3. The van der Waals surface area contributed by atoms with E-state index in [9.17, 15) is 5.11 Å². The van der Waals surface area contributed by atoms with Crippen molar-refractivity contribution < 1.29 is 5.11 Å². The lowest BCUT2D eigenvalue weighted by Gasteiger charge is -2.20. The van der Waals surface area contributed by atoms with Crippen LogP contribution in [0.3, 0.4) is 0 Å². The van der Waals surface area contributed by atoms with Crippen LogP contribution in [-0.2, 0) is 13.1 Å². The van der Waals surface area contributed by atoms with Gasteiger partial charge in [0.25, 0.3) is 0 Å². The fourth-order valence-corrected chi connectivity index (χ4v) is 4.08. The van der Waals surface area contributed by atoms with E-state index in [0.717, 1.165) is 40.8 Å². The van der Waals surface area contributed by atoms with Gasteiger partial charge in [0.05, 0.1) is 34.9 Å². The first-order chi connectivity index (χ1) is 16.0. The average Bonchev–Trinajstić information content (AvgIpc) is 3.17. The zero-order chi connectivity index (χ0) is 23.4. The van der Waals surface area contributed by atoms with Gasteiger partial charge in [-0.1, -0.05) is 44.2 Å². The van der Waals surface area contributed by atoms with Crippen LogP contribution in [0.15, 0.2) is 60.7 Å². The minimum absolute atomic E-state index is 0.254. The van der Waals surface area contributed by atoms with Gasteiger partial charge in [-0.25, -0.2) is 4.98 Å². The maximum atomic E-state index is 11.1. The number of nitriles is 1. The number of imidazole rings is 1. The fraction of sp³-hybridized carbons (Fsp3) is 0.259. The molecule has 2 N–H and O–H groups in total. The van der Waals surface area contributed by atoms with Crippen LogP contribution in [0, 0.1) is 18.3 Å². The third kappa shape index (κ3) is 4.84. The Morgan fingerprint density at radius 1 is 1.06 bits per heavy atom. The minimum atomic E-state index is 0.254. The Labute approximate surface area is 194 Å². The quantitative estimate of drug-likeness (QED) is 0.352. The van der Waals surface area contributed by atoms with E-state index >= 15 is 0 Å². The van der Waals surface area contributed by atoms with E-state index in [0.29, 0.717) is 30.3 Å². The van der Waals surface area contributed by atoms with Crippen molar-refractivity contribution >= 4 is 22.7 Å². The van der Waals surface area contributed by atoms with Crippen LogP contribution < -0.4 is 5.32 Å². The number of aromatic nitrogens is 2. The highest BCUT2D eigenvalue weighted by Crippen LogP contribution is 2.33. The van der Waals surface area contributed by atoms with Crippen molar-refractivity contribution in [3.05, 3.63) is 82.9 Å². The van der Waals surface area contributed by atoms with E-state index in [1.807, 2.05) is 67.6 Å². The van der Waals surface area contributed by atoms with Crippen molar-refractivity contribution in [3.63, 3.8) is 0 Å². The Bertz CT molecular complexity index is 1300. The van der Waals surface area contributed by atoms with Crippen molar-refractivity contribution in [3.8, 4) is 11.8 Å². The number of para-hydroxylation sites is 2. The average molecular weight is 440 g/mol. The second kappa shape index (κ2) is 9.76. The molecule has 0 amide bonds. The SMILES string of the molecule is CCN(CC)Cc1cc(C)cc(Nc2nc3ccccc3n2Cc2ccc(C#N)cc2)c1O. The Morgan fingerprint density at radius 2 is 1.79 bits per heavy atom. The Hall–Kier alpha value is -3.82. The molecule has 0 fully saturated rings. The van der Waals surface area contributed by atoms with Gasteiger partial charge in [-0.05, 0) is 61.5 Å². The predicted octanol–water partition coefficient (Wildman–Crippen LogP) is 5.56. The molecule has 1 aromatic heterocycles. The smallest absolute Gasteiger partial charge is 0.208 e. The standard InChI is InChI=1S/C27H29N5O/c1-4-31(5-2)18-22-14-19(3)15-24(26(22)33)30-27-29-23-8-6-7-9-25(23)32(27)17-21-12-10-20(16-28)11-13-21/h6-15,33H,4-5,17-18H2,1-3H3,(H,29,30). The first kappa shape index (κ1) is 22.4. The van der Waals surface area contributed by atoms with Gasteiger partial charge >= 0.3 is 0 Å². The van der Waals surface area contributed by atoms with Gasteiger partial charge in [0, 0.05) is 12.1 Å². The van der Waals surface area contributed by atoms with E-state index in [-0.39, 0.29) is 5.75 Å². The van der Waals surface area contributed by atoms with Gasteiger partial charge < -0.3 is 15.0 Å². The second-order valence-electron chi connectivity index (χ2n) is 8.23. The zero-order valence-electron chi connectivity index (χ0n) is 19.3. The van der Waals surface area contributed by atoms with Crippen LogP contribution in [0.25, 0.3) is 11.0 Å². The minimum Gasteiger partial charge on any atom is -0.505 e. The summed E-state index contributed by atoms with van der Waals surface area (Å²) < 4.78 is 2.10. The van der Waals surface area contributed by atoms with E-state index in [1.54, 1.807) is 0 Å². The molecule has 6 nitrogen and oxygen atoms in total. The molecule has 168 valence electrons. The van der Waals surface area contributed by atoms with E-state index in [2.05, 4.69) is 34.7 Å². The lowest BCUT2D eigenvalue weighted by atomic mass is 10.1. The summed E-state index contributed by atoms with van der Waals surface area (Å²) in [5.41, 5.74) is 6.20. The van der Waals surface area contributed by atoms with Crippen LogP contribution in [-0.4, -0.2) is 32.6 Å². The normalized spacial score (nSPS) is 11.1. The van der Waals surface area contributed by atoms with Crippen molar-refractivity contribution in [2.45, 2.75) is 33.9 Å². The lowest BCUT2D eigenvalue weighted by molar-refractivity contribution is 0.291. The molecule has 4 aromatic rings. The summed E-state index contributed by atoms with van der Waals surface area (Å²) in [7, 11) is 0. The van der Waals surface area contributed by atoms with Gasteiger partial charge in [0.15, 0.2) is 0 Å². The molecule has 3 aromatic carbocycles. The summed E-state index contributed by atoms with van der Waals surface area (Å²) in [6, 6.07) is 21.7. The second-order valence-corrected chi connectivity index (χ2v) is 8.23. The van der Waals surface area contributed by atoms with E-state index < -0.39 is 0 Å². The number of rotatable bonds is 8. The molecule has 0 aliphatic heterocycles. The highest BCUT2D eigenvalue weighted by molar-refractivity contribution is 5.80. The Morgan fingerprint density at radius 3 is 2.48 bits per heavy atom. The number of aromatic hydroxyl groups is 1. The summed E-state index contributed by atoms with van der Waals surface area (Å²) in [5.74, 6) is 0.916. The molecule has 0 bridgehead atoms. The van der Waals surface area contributed by atoms with Gasteiger partial charge in [-0.3, -0.25) is 4.90 Å². The number of nitrogens with zero attached hydrogens (tertiary/aromatic N) is 4. The summed E-state index contributed by atoms with van der Waals surface area (Å²) in [5, 5.41) is 23.6. The Balaban J connectivity index is 1.72. The van der Waals surface area contributed by atoms with Crippen molar-refractivity contribution in [1.82, 2.24) is 14.5 Å². The van der Waals surface area contributed by atoms with E-state index in [4.69, 9.17) is 10.2 Å². The molecular weight excluding hydrogens is 410 g/mol. The van der Waals surface area contributed by atoms with Crippen LogP contribution >= 0.6 is 0 Å². The van der Waals surface area contributed by atoms with Crippen LogP contribution in [0.5, 0.6) is 5.75 Å². The third-order valence-electron chi connectivity index (χ3n) is 5.95. The number of phenols is 1. The number of anilines is 2. The number of fused-ring (bicyclic) bond motifs is 1.